The summed E-state index contributed by atoms with van der Waals surface area (Å²) in [6.07, 6.45) is 3.42. The molecule has 5 rings (SSSR count). The first kappa shape index (κ1) is 25.4. The van der Waals surface area contributed by atoms with Gasteiger partial charge in [-0.1, -0.05) is 43.9 Å². The van der Waals surface area contributed by atoms with Gasteiger partial charge in [0, 0.05) is 44.6 Å². The summed E-state index contributed by atoms with van der Waals surface area (Å²) in [5.74, 6) is 0.388. The van der Waals surface area contributed by atoms with Gasteiger partial charge < -0.3 is 9.80 Å². The van der Waals surface area contributed by atoms with E-state index < -0.39 is 0 Å². The number of thioether (sulfide) groups is 1. The molecule has 3 aromatic rings. The molecule has 10 heteroatoms. The van der Waals surface area contributed by atoms with E-state index >= 15 is 0 Å². The molecular formula is C27H28FN5O2S2. The fraction of sp³-hybridized carbons (Fsp3) is 0.333. The molecule has 0 spiro atoms. The second kappa shape index (κ2) is 10.3. The fourth-order valence-electron chi connectivity index (χ4n) is 4.60. The molecule has 2 aromatic heterocycles. The van der Waals surface area contributed by atoms with Crippen molar-refractivity contribution in [3.8, 4) is 0 Å². The van der Waals surface area contributed by atoms with Crippen LogP contribution in [-0.2, 0) is 4.79 Å². The monoisotopic (exact) mass is 537 g/mol. The van der Waals surface area contributed by atoms with Crippen LogP contribution in [0.25, 0.3) is 11.7 Å². The van der Waals surface area contributed by atoms with Crippen LogP contribution < -0.4 is 15.4 Å². The first-order valence-corrected chi connectivity index (χ1v) is 13.5. The Morgan fingerprint density at radius 1 is 1.05 bits per heavy atom. The van der Waals surface area contributed by atoms with Gasteiger partial charge in [0.2, 0.25) is 0 Å². The molecule has 0 atom stereocenters. The van der Waals surface area contributed by atoms with Crippen molar-refractivity contribution < 1.29 is 9.18 Å². The number of halogens is 1. The van der Waals surface area contributed by atoms with Crippen LogP contribution in [0.4, 0.5) is 15.9 Å². The molecule has 0 saturated carbocycles. The van der Waals surface area contributed by atoms with E-state index in [1.807, 2.05) is 32.9 Å². The van der Waals surface area contributed by atoms with Gasteiger partial charge in [-0.15, -0.1) is 0 Å². The molecule has 7 nitrogen and oxygen atoms in total. The number of anilines is 2. The summed E-state index contributed by atoms with van der Waals surface area (Å²) in [5, 5.41) is 0. The first-order valence-electron chi connectivity index (χ1n) is 12.2. The van der Waals surface area contributed by atoms with E-state index in [0.29, 0.717) is 59.0 Å². The fourth-order valence-corrected chi connectivity index (χ4v) is 5.85. The van der Waals surface area contributed by atoms with Gasteiger partial charge in [0.15, 0.2) is 0 Å². The number of nitrogens with zero attached hydrogens (tertiary/aromatic N) is 5. The van der Waals surface area contributed by atoms with Crippen LogP contribution >= 0.6 is 24.0 Å². The van der Waals surface area contributed by atoms with E-state index in [4.69, 9.17) is 17.2 Å². The third-order valence-corrected chi connectivity index (χ3v) is 7.83. The zero-order chi connectivity index (χ0) is 26.3. The highest BCUT2D eigenvalue weighted by Crippen LogP contribution is 2.34. The lowest BCUT2D eigenvalue weighted by molar-refractivity contribution is -0.122. The second-order valence-electron chi connectivity index (χ2n) is 9.73. The number of hydrogen-bond donors (Lipinski definition) is 0. The molecule has 0 bridgehead atoms. The normalized spacial score (nSPS) is 17.6. The maximum atomic E-state index is 13.7. The van der Waals surface area contributed by atoms with Gasteiger partial charge in [-0.25, -0.2) is 9.37 Å². The molecule has 2 aliphatic rings. The predicted molar refractivity (Wildman–Crippen MR) is 152 cm³/mol. The number of piperazine rings is 1. The molecule has 2 fully saturated rings. The molecule has 2 aliphatic heterocycles. The smallest absolute Gasteiger partial charge is 0.267 e. The number of aryl methyl sites for hydroxylation is 1. The van der Waals surface area contributed by atoms with Crippen molar-refractivity contribution in [2.24, 2.45) is 5.92 Å². The predicted octanol–water partition coefficient (Wildman–Crippen LogP) is 4.33. The largest absolute Gasteiger partial charge is 0.368 e. The third-order valence-electron chi connectivity index (χ3n) is 6.45. The number of aromatic nitrogens is 2. The zero-order valence-electron chi connectivity index (χ0n) is 21.0. The molecule has 0 radical (unpaired) electrons. The standard InChI is InChI=1S/C27H28FN5O2S2/c1-17(2)15-33-26(35)22(37-27(33)36)14-21-24(29-23-9-4-18(3)16-32(23)25(21)34)31-12-10-30(11-13-31)20-7-5-19(28)6-8-20/h4-9,14,16-17H,10-13,15H2,1-3H3. The number of carbonyl (C=O) groups is 1. The van der Waals surface area contributed by atoms with Crippen molar-refractivity contribution in [1.82, 2.24) is 14.3 Å². The Morgan fingerprint density at radius 3 is 2.41 bits per heavy atom. The Morgan fingerprint density at radius 2 is 1.73 bits per heavy atom. The number of carbonyl (C=O) groups excluding carboxylic acids is 1. The molecule has 1 aromatic carbocycles. The minimum Gasteiger partial charge on any atom is -0.368 e. The molecule has 192 valence electrons. The van der Waals surface area contributed by atoms with Crippen LogP contribution in [0.3, 0.4) is 0 Å². The lowest BCUT2D eigenvalue weighted by Crippen LogP contribution is -2.47. The number of hydrogen-bond acceptors (Lipinski definition) is 7. The van der Waals surface area contributed by atoms with Crippen molar-refractivity contribution in [3.63, 3.8) is 0 Å². The number of fused-ring (bicyclic) bond motifs is 1. The van der Waals surface area contributed by atoms with Crippen molar-refractivity contribution in [2.75, 3.05) is 42.5 Å². The van der Waals surface area contributed by atoms with Crippen LogP contribution in [0.1, 0.15) is 25.0 Å². The summed E-state index contributed by atoms with van der Waals surface area (Å²) in [4.78, 5) is 38.1. The molecule has 1 amide bonds. The van der Waals surface area contributed by atoms with Gasteiger partial charge >= 0.3 is 0 Å². The average Bonchev–Trinajstić information content (AvgIpc) is 3.13. The van der Waals surface area contributed by atoms with Gasteiger partial charge in [-0.2, -0.15) is 0 Å². The van der Waals surface area contributed by atoms with E-state index in [0.717, 1.165) is 11.3 Å². The lowest BCUT2D eigenvalue weighted by atomic mass is 10.2. The minimum atomic E-state index is -0.262. The quantitative estimate of drug-likeness (QED) is 0.355. The molecule has 0 aliphatic carbocycles. The van der Waals surface area contributed by atoms with E-state index in [1.165, 1.54) is 28.3 Å². The number of pyridine rings is 1. The second-order valence-corrected chi connectivity index (χ2v) is 11.4. The zero-order valence-corrected chi connectivity index (χ0v) is 22.6. The van der Waals surface area contributed by atoms with E-state index in [-0.39, 0.29) is 23.2 Å². The van der Waals surface area contributed by atoms with E-state index in [1.54, 1.807) is 29.3 Å². The van der Waals surface area contributed by atoms with Crippen LogP contribution in [0.2, 0.25) is 0 Å². The summed E-state index contributed by atoms with van der Waals surface area (Å²) < 4.78 is 15.4. The highest BCUT2D eigenvalue weighted by Gasteiger charge is 2.33. The topological polar surface area (TPSA) is 61.2 Å². The van der Waals surface area contributed by atoms with Crippen LogP contribution in [-0.4, -0.2) is 57.2 Å². The van der Waals surface area contributed by atoms with Crippen LogP contribution in [0.5, 0.6) is 0 Å². The number of amides is 1. The first-order chi connectivity index (χ1) is 17.7. The third kappa shape index (κ3) is 5.13. The molecule has 0 unspecified atom stereocenters. The van der Waals surface area contributed by atoms with Gasteiger partial charge in [0.05, 0.1) is 10.5 Å². The number of rotatable bonds is 5. The van der Waals surface area contributed by atoms with E-state index in [2.05, 4.69) is 9.80 Å². The lowest BCUT2D eigenvalue weighted by Gasteiger charge is -2.37. The molecule has 0 N–H and O–H groups in total. The summed E-state index contributed by atoms with van der Waals surface area (Å²) in [5.41, 5.74) is 2.60. The molecule has 2 saturated heterocycles. The van der Waals surface area contributed by atoms with Gasteiger partial charge in [0.1, 0.15) is 21.6 Å². The van der Waals surface area contributed by atoms with Crippen LogP contribution in [0, 0.1) is 18.7 Å². The summed E-state index contributed by atoms with van der Waals surface area (Å²) in [6, 6.07) is 10.2. The highest BCUT2D eigenvalue weighted by molar-refractivity contribution is 8.26. The van der Waals surface area contributed by atoms with Crippen molar-refractivity contribution in [1.29, 1.82) is 0 Å². The Balaban J connectivity index is 1.52. The Kier molecular flexibility index (Phi) is 7.04. The summed E-state index contributed by atoms with van der Waals surface area (Å²) in [7, 11) is 0. The van der Waals surface area contributed by atoms with Crippen molar-refractivity contribution >= 4 is 57.4 Å². The maximum absolute atomic E-state index is 13.7. The SMILES string of the molecule is Cc1ccc2nc(N3CCN(c4ccc(F)cc4)CC3)c(C=C3SC(=S)N(CC(C)C)C3=O)c(=O)n2c1. The Hall–Kier alpha value is -3.24. The summed E-state index contributed by atoms with van der Waals surface area (Å²) in [6.45, 7) is 9.16. The molecular weight excluding hydrogens is 509 g/mol. The Labute approximate surface area is 224 Å². The summed E-state index contributed by atoms with van der Waals surface area (Å²) >= 11 is 6.70. The minimum absolute atomic E-state index is 0.176. The average molecular weight is 538 g/mol. The van der Waals surface area contributed by atoms with Crippen molar-refractivity contribution in [3.05, 3.63) is 74.8 Å². The van der Waals surface area contributed by atoms with Crippen molar-refractivity contribution in [2.45, 2.75) is 20.8 Å². The molecule has 37 heavy (non-hydrogen) atoms. The van der Waals surface area contributed by atoms with Gasteiger partial charge in [-0.3, -0.25) is 18.9 Å². The number of benzene rings is 1. The van der Waals surface area contributed by atoms with Gasteiger partial charge in [0.25, 0.3) is 11.5 Å². The van der Waals surface area contributed by atoms with E-state index in [9.17, 15) is 14.0 Å². The van der Waals surface area contributed by atoms with Gasteiger partial charge in [-0.05, 0) is 54.8 Å². The van der Waals surface area contributed by atoms with Crippen LogP contribution in [0.15, 0.2) is 52.3 Å². The molecule has 4 heterocycles. The maximum Gasteiger partial charge on any atom is 0.267 e. The Bertz CT molecular complexity index is 1460. The highest BCUT2D eigenvalue weighted by atomic mass is 32.2. The number of thiocarbonyl (C=S) groups is 1.